The molecule has 6 heteroatoms. The lowest BCUT2D eigenvalue weighted by atomic mass is 10.1. The molecule has 2 N–H and O–H groups in total. The fourth-order valence-electron chi connectivity index (χ4n) is 3.04. The first-order chi connectivity index (χ1) is 12.3. The standard InChI is InChI=1S/C20H28N2O4/c1-13(2)11-22(12-14(3)4)10-9-21-19(24)17-18(23)15-7-5-6-8-16(15)26-20(17)25/h5-8,13-14,23H,9-12H2,1-4H3,(H,21,24). The highest BCUT2D eigenvalue weighted by Gasteiger charge is 2.20. The Hall–Kier alpha value is -2.34. The van der Waals surface area contributed by atoms with Gasteiger partial charge in [0.1, 0.15) is 11.3 Å². The van der Waals surface area contributed by atoms with Gasteiger partial charge in [-0.3, -0.25) is 4.79 Å². The topological polar surface area (TPSA) is 82.8 Å². The van der Waals surface area contributed by atoms with Gasteiger partial charge in [-0.1, -0.05) is 39.8 Å². The third kappa shape index (κ3) is 5.08. The van der Waals surface area contributed by atoms with Crippen molar-refractivity contribution in [2.45, 2.75) is 27.7 Å². The number of carbonyl (C=O) groups is 1. The predicted molar refractivity (Wildman–Crippen MR) is 103 cm³/mol. The fraction of sp³-hybridized carbons (Fsp3) is 0.500. The van der Waals surface area contributed by atoms with Crippen LogP contribution in [0.3, 0.4) is 0 Å². The van der Waals surface area contributed by atoms with Gasteiger partial charge in [-0.15, -0.1) is 0 Å². The first-order valence-corrected chi connectivity index (χ1v) is 9.05. The van der Waals surface area contributed by atoms with E-state index in [2.05, 4.69) is 37.9 Å². The molecule has 0 atom stereocenters. The zero-order valence-electron chi connectivity index (χ0n) is 15.9. The number of amides is 1. The van der Waals surface area contributed by atoms with Crippen molar-refractivity contribution in [2.75, 3.05) is 26.2 Å². The largest absolute Gasteiger partial charge is 0.506 e. The van der Waals surface area contributed by atoms with Gasteiger partial charge in [0.15, 0.2) is 5.56 Å². The van der Waals surface area contributed by atoms with Crippen LogP contribution >= 0.6 is 0 Å². The van der Waals surface area contributed by atoms with Gasteiger partial charge in [0.05, 0.1) is 5.39 Å². The van der Waals surface area contributed by atoms with Gasteiger partial charge < -0.3 is 19.7 Å². The SMILES string of the molecule is CC(C)CN(CCNC(=O)c1c(O)c2ccccc2oc1=O)CC(C)C. The Balaban J connectivity index is 2.08. The van der Waals surface area contributed by atoms with Gasteiger partial charge in [-0.25, -0.2) is 4.79 Å². The van der Waals surface area contributed by atoms with E-state index in [9.17, 15) is 14.7 Å². The maximum Gasteiger partial charge on any atom is 0.353 e. The van der Waals surface area contributed by atoms with Crippen LogP contribution in [-0.2, 0) is 0 Å². The Labute approximate surface area is 153 Å². The van der Waals surface area contributed by atoms with Crippen molar-refractivity contribution in [1.29, 1.82) is 0 Å². The summed E-state index contributed by atoms with van der Waals surface area (Å²) in [6.07, 6.45) is 0. The zero-order valence-corrected chi connectivity index (χ0v) is 15.9. The van der Waals surface area contributed by atoms with E-state index in [1.807, 2.05) is 0 Å². The molecule has 0 unspecified atom stereocenters. The summed E-state index contributed by atoms with van der Waals surface area (Å²) in [6, 6.07) is 6.59. The zero-order chi connectivity index (χ0) is 19.3. The third-order valence-corrected chi connectivity index (χ3v) is 3.97. The number of nitrogens with one attached hydrogen (secondary N) is 1. The maximum absolute atomic E-state index is 12.4. The van der Waals surface area contributed by atoms with Crippen molar-refractivity contribution in [2.24, 2.45) is 11.8 Å². The Bertz CT molecular complexity index is 801. The molecule has 0 aliphatic heterocycles. The molecule has 0 bridgehead atoms. The van der Waals surface area contributed by atoms with Gasteiger partial charge in [0.2, 0.25) is 0 Å². The molecule has 1 heterocycles. The molecule has 1 aromatic heterocycles. The van der Waals surface area contributed by atoms with E-state index < -0.39 is 11.5 Å². The smallest absolute Gasteiger partial charge is 0.353 e. The number of benzene rings is 1. The molecule has 0 radical (unpaired) electrons. The summed E-state index contributed by atoms with van der Waals surface area (Å²) < 4.78 is 5.14. The molecule has 2 rings (SSSR count). The van der Waals surface area contributed by atoms with Gasteiger partial charge >= 0.3 is 5.63 Å². The molecule has 1 amide bonds. The molecule has 0 saturated heterocycles. The number of fused-ring (bicyclic) bond motifs is 1. The molecule has 0 aliphatic carbocycles. The molecule has 142 valence electrons. The second-order valence-corrected chi connectivity index (χ2v) is 7.41. The molecule has 26 heavy (non-hydrogen) atoms. The maximum atomic E-state index is 12.4. The van der Waals surface area contributed by atoms with Crippen LogP contribution in [0.15, 0.2) is 33.5 Å². The minimum Gasteiger partial charge on any atom is -0.506 e. The van der Waals surface area contributed by atoms with Gasteiger partial charge in [-0.05, 0) is 24.0 Å². The van der Waals surface area contributed by atoms with Gasteiger partial charge in [0.25, 0.3) is 5.91 Å². The fourth-order valence-corrected chi connectivity index (χ4v) is 3.04. The summed E-state index contributed by atoms with van der Waals surface area (Å²) in [4.78, 5) is 26.8. The second kappa shape index (κ2) is 8.85. The highest BCUT2D eigenvalue weighted by Crippen LogP contribution is 2.25. The summed E-state index contributed by atoms with van der Waals surface area (Å²) in [6.45, 7) is 11.6. The van der Waals surface area contributed by atoms with Crippen molar-refractivity contribution in [1.82, 2.24) is 10.2 Å². The van der Waals surface area contributed by atoms with Crippen molar-refractivity contribution < 1.29 is 14.3 Å². The highest BCUT2D eigenvalue weighted by atomic mass is 16.4. The quantitative estimate of drug-likeness (QED) is 0.707. The van der Waals surface area contributed by atoms with Crippen molar-refractivity contribution in [3.63, 3.8) is 0 Å². The summed E-state index contributed by atoms with van der Waals surface area (Å²) in [5, 5.41) is 13.4. The van der Waals surface area contributed by atoms with Crippen LogP contribution in [0.5, 0.6) is 5.75 Å². The molecule has 0 aliphatic rings. The van der Waals surface area contributed by atoms with E-state index in [4.69, 9.17) is 4.42 Å². The van der Waals surface area contributed by atoms with Crippen LogP contribution in [0, 0.1) is 11.8 Å². The van der Waals surface area contributed by atoms with Crippen LogP contribution in [0.4, 0.5) is 0 Å². The number of hydrogen-bond donors (Lipinski definition) is 2. The summed E-state index contributed by atoms with van der Waals surface area (Å²) in [5.74, 6) is 0.105. The Morgan fingerprint density at radius 2 is 1.77 bits per heavy atom. The van der Waals surface area contributed by atoms with E-state index in [0.29, 0.717) is 30.3 Å². The Kier molecular flexibility index (Phi) is 6.80. The van der Waals surface area contributed by atoms with Crippen LogP contribution in [-0.4, -0.2) is 42.1 Å². The molecule has 2 aromatic rings. The predicted octanol–water partition coefficient (Wildman–Crippen LogP) is 2.84. The van der Waals surface area contributed by atoms with Gasteiger partial charge in [0, 0.05) is 26.2 Å². The van der Waals surface area contributed by atoms with E-state index in [-0.39, 0.29) is 16.9 Å². The van der Waals surface area contributed by atoms with Crippen molar-refractivity contribution >= 4 is 16.9 Å². The molecule has 0 spiro atoms. The third-order valence-electron chi connectivity index (χ3n) is 3.97. The van der Waals surface area contributed by atoms with Crippen LogP contribution in [0.25, 0.3) is 11.0 Å². The van der Waals surface area contributed by atoms with E-state index in [0.717, 1.165) is 13.1 Å². The lowest BCUT2D eigenvalue weighted by Gasteiger charge is -2.26. The molecular formula is C20H28N2O4. The van der Waals surface area contributed by atoms with Crippen LogP contribution < -0.4 is 10.9 Å². The number of carbonyl (C=O) groups excluding carboxylic acids is 1. The van der Waals surface area contributed by atoms with Crippen LogP contribution in [0.1, 0.15) is 38.1 Å². The number of para-hydroxylation sites is 1. The minimum absolute atomic E-state index is 0.256. The summed E-state index contributed by atoms with van der Waals surface area (Å²) >= 11 is 0. The van der Waals surface area contributed by atoms with E-state index in [1.54, 1.807) is 24.3 Å². The molecule has 1 aromatic carbocycles. The average molecular weight is 360 g/mol. The van der Waals surface area contributed by atoms with Gasteiger partial charge in [-0.2, -0.15) is 0 Å². The normalized spacial score (nSPS) is 11.7. The number of nitrogens with zero attached hydrogens (tertiary/aromatic N) is 1. The molecule has 0 saturated carbocycles. The molecule has 0 fully saturated rings. The first-order valence-electron chi connectivity index (χ1n) is 9.05. The summed E-state index contributed by atoms with van der Waals surface area (Å²) in [7, 11) is 0. The lowest BCUT2D eigenvalue weighted by Crippen LogP contribution is -2.39. The first kappa shape index (κ1) is 20.0. The molecule has 6 nitrogen and oxygen atoms in total. The second-order valence-electron chi connectivity index (χ2n) is 7.41. The number of rotatable bonds is 8. The van der Waals surface area contributed by atoms with E-state index >= 15 is 0 Å². The highest BCUT2D eigenvalue weighted by molar-refractivity contribution is 6.01. The van der Waals surface area contributed by atoms with Crippen molar-refractivity contribution in [3.05, 3.63) is 40.2 Å². The Morgan fingerprint density at radius 1 is 1.15 bits per heavy atom. The van der Waals surface area contributed by atoms with E-state index in [1.165, 1.54) is 0 Å². The minimum atomic E-state index is -0.833. The van der Waals surface area contributed by atoms with Crippen LogP contribution in [0.2, 0.25) is 0 Å². The number of hydrogen-bond acceptors (Lipinski definition) is 5. The Morgan fingerprint density at radius 3 is 2.38 bits per heavy atom. The average Bonchev–Trinajstić information content (AvgIpc) is 2.53. The van der Waals surface area contributed by atoms with Crippen molar-refractivity contribution in [3.8, 4) is 5.75 Å². The summed E-state index contributed by atoms with van der Waals surface area (Å²) in [5.41, 5.74) is -0.922. The number of aromatic hydroxyl groups is 1. The lowest BCUT2D eigenvalue weighted by molar-refractivity contribution is 0.0940. The monoisotopic (exact) mass is 360 g/mol. The molecular weight excluding hydrogens is 332 g/mol.